The van der Waals surface area contributed by atoms with Gasteiger partial charge in [-0.2, -0.15) is 0 Å². The standard InChI is InChI=1S/C13H21N3O2/c1-9-4-6-16(7-5-9)11(3)13(17)14-12-8-10(2)18-15-12/h8-9,11H,4-7H2,1-3H3,(H,14,15,17)/t11-/m1/s1. The minimum absolute atomic E-state index is 0.0159. The average molecular weight is 251 g/mol. The fraction of sp³-hybridized carbons (Fsp3) is 0.692. The summed E-state index contributed by atoms with van der Waals surface area (Å²) in [6.45, 7) is 8.00. The number of aryl methyl sites for hydroxylation is 1. The van der Waals surface area contributed by atoms with Gasteiger partial charge in [-0.1, -0.05) is 12.1 Å². The van der Waals surface area contributed by atoms with E-state index in [-0.39, 0.29) is 11.9 Å². The van der Waals surface area contributed by atoms with Gasteiger partial charge >= 0.3 is 0 Å². The van der Waals surface area contributed by atoms with Crippen molar-refractivity contribution in [1.29, 1.82) is 0 Å². The van der Waals surface area contributed by atoms with Crippen LogP contribution in [0, 0.1) is 12.8 Å². The van der Waals surface area contributed by atoms with E-state index in [4.69, 9.17) is 4.52 Å². The van der Waals surface area contributed by atoms with E-state index >= 15 is 0 Å². The monoisotopic (exact) mass is 251 g/mol. The van der Waals surface area contributed by atoms with Crippen LogP contribution in [0.3, 0.4) is 0 Å². The summed E-state index contributed by atoms with van der Waals surface area (Å²) in [6.07, 6.45) is 2.33. The Hall–Kier alpha value is -1.36. The van der Waals surface area contributed by atoms with Crippen LogP contribution in [0.1, 0.15) is 32.4 Å². The van der Waals surface area contributed by atoms with Crippen LogP contribution in [-0.2, 0) is 4.79 Å². The molecule has 0 radical (unpaired) electrons. The first-order valence-electron chi connectivity index (χ1n) is 6.54. The summed E-state index contributed by atoms with van der Waals surface area (Å²) in [5, 5.41) is 6.56. The smallest absolute Gasteiger partial charge is 0.242 e. The zero-order valence-corrected chi connectivity index (χ0v) is 11.3. The van der Waals surface area contributed by atoms with E-state index in [2.05, 4.69) is 22.3 Å². The number of hydrogen-bond acceptors (Lipinski definition) is 4. The highest BCUT2D eigenvalue weighted by molar-refractivity contribution is 5.93. The van der Waals surface area contributed by atoms with Crippen molar-refractivity contribution in [2.45, 2.75) is 39.7 Å². The molecule has 1 aliphatic rings. The third kappa shape index (κ3) is 3.10. The van der Waals surface area contributed by atoms with Crippen LogP contribution in [0.2, 0.25) is 0 Å². The van der Waals surface area contributed by atoms with Gasteiger partial charge in [-0.3, -0.25) is 9.69 Å². The molecule has 0 aliphatic carbocycles. The molecule has 1 aromatic heterocycles. The summed E-state index contributed by atoms with van der Waals surface area (Å²) in [5.74, 6) is 1.95. The van der Waals surface area contributed by atoms with Gasteiger partial charge in [0.15, 0.2) is 5.82 Å². The molecule has 1 saturated heterocycles. The van der Waals surface area contributed by atoms with Crippen LogP contribution < -0.4 is 5.32 Å². The molecule has 5 heteroatoms. The number of carbonyl (C=O) groups excluding carboxylic acids is 1. The second-order valence-corrected chi connectivity index (χ2v) is 5.21. The number of rotatable bonds is 3. The van der Waals surface area contributed by atoms with E-state index in [1.165, 1.54) is 12.8 Å². The average Bonchev–Trinajstić information content (AvgIpc) is 2.75. The lowest BCUT2D eigenvalue weighted by Crippen LogP contribution is -2.45. The van der Waals surface area contributed by atoms with Crippen LogP contribution in [0.15, 0.2) is 10.6 Å². The van der Waals surface area contributed by atoms with Crippen molar-refractivity contribution in [2.24, 2.45) is 5.92 Å². The highest BCUT2D eigenvalue weighted by Crippen LogP contribution is 2.18. The van der Waals surface area contributed by atoms with E-state index in [0.29, 0.717) is 11.6 Å². The third-order valence-electron chi connectivity index (χ3n) is 3.62. The Bertz CT molecular complexity index is 408. The first-order valence-corrected chi connectivity index (χ1v) is 6.54. The predicted octanol–water partition coefficient (Wildman–Crippen LogP) is 2.04. The summed E-state index contributed by atoms with van der Waals surface area (Å²) in [4.78, 5) is 14.3. The summed E-state index contributed by atoms with van der Waals surface area (Å²) in [7, 11) is 0. The number of likely N-dealkylation sites (tertiary alicyclic amines) is 1. The van der Waals surface area contributed by atoms with E-state index in [1.54, 1.807) is 13.0 Å². The minimum Gasteiger partial charge on any atom is -0.360 e. The zero-order valence-electron chi connectivity index (χ0n) is 11.3. The lowest BCUT2D eigenvalue weighted by Gasteiger charge is -2.33. The lowest BCUT2D eigenvalue weighted by molar-refractivity contribution is -0.121. The highest BCUT2D eigenvalue weighted by atomic mass is 16.5. The maximum atomic E-state index is 12.1. The topological polar surface area (TPSA) is 58.4 Å². The molecule has 18 heavy (non-hydrogen) atoms. The molecule has 0 saturated carbocycles. The molecule has 0 aromatic carbocycles. The van der Waals surface area contributed by atoms with Crippen molar-refractivity contribution in [2.75, 3.05) is 18.4 Å². The number of anilines is 1. The summed E-state index contributed by atoms with van der Waals surface area (Å²) in [6, 6.07) is 1.61. The Morgan fingerprint density at radius 2 is 2.22 bits per heavy atom. The number of piperidine rings is 1. The maximum absolute atomic E-state index is 12.1. The number of aromatic nitrogens is 1. The van der Waals surface area contributed by atoms with E-state index < -0.39 is 0 Å². The van der Waals surface area contributed by atoms with Gasteiger partial charge in [-0.25, -0.2) is 0 Å². The van der Waals surface area contributed by atoms with Gasteiger partial charge < -0.3 is 9.84 Å². The lowest BCUT2D eigenvalue weighted by atomic mass is 9.98. The van der Waals surface area contributed by atoms with Crippen molar-refractivity contribution >= 4 is 11.7 Å². The zero-order chi connectivity index (χ0) is 13.1. The molecular formula is C13H21N3O2. The highest BCUT2D eigenvalue weighted by Gasteiger charge is 2.25. The van der Waals surface area contributed by atoms with Gasteiger partial charge in [0.25, 0.3) is 0 Å². The Kier molecular flexibility index (Phi) is 4.01. The number of carbonyl (C=O) groups is 1. The molecule has 1 atom stereocenters. The van der Waals surface area contributed by atoms with Crippen LogP contribution >= 0.6 is 0 Å². The van der Waals surface area contributed by atoms with Gasteiger partial charge in [-0.05, 0) is 45.7 Å². The number of amides is 1. The summed E-state index contributed by atoms with van der Waals surface area (Å²) in [5.41, 5.74) is 0. The first-order chi connectivity index (χ1) is 8.56. The van der Waals surface area contributed by atoms with E-state index in [9.17, 15) is 4.79 Å². The third-order valence-corrected chi connectivity index (χ3v) is 3.62. The molecule has 1 aliphatic heterocycles. The van der Waals surface area contributed by atoms with Crippen molar-refractivity contribution in [3.8, 4) is 0 Å². The number of nitrogens with one attached hydrogen (secondary N) is 1. The van der Waals surface area contributed by atoms with E-state index in [1.807, 2.05) is 6.92 Å². The molecule has 1 fully saturated rings. The molecule has 0 bridgehead atoms. The van der Waals surface area contributed by atoms with Crippen molar-refractivity contribution in [3.05, 3.63) is 11.8 Å². The van der Waals surface area contributed by atoms with Gasteiger partial charge in [0.1, 0.15) is 5.76 Å². The molecule has 1 N–H and O–H groups in total. The minimum atomic E-state index is -0.116. The van der Waals surface area contributed by atoms with Crippen LogP contribution in [0.25, 0.3) is 0 Å². The molecule has 100 valence electrons. The molecule has 1 amide bonds. The molecule has 0 unspecified atom stereocenters. The Balaban J connectivity index is 1.88. The summed E-state index contributed by atoms with van der Waals surface area (Å²) < 4.78 is 4.93. The molecule has 1 aromatic rings. The largest absolute Gasteiger partial charge is 0.360 e. The molecule has 2 rings (SSSR count). The van der Waals surface area contributed by atoms with Crippen molar-refractivity contribution in [3.63, 3.8) is 0 Å². The number of hydrogen-bond donors (Lipinski definition) is 1. The van der Waals surface area contributed by atoms with E-state index in [0.717, 1.165) is 19.0 Å². The Labute approximate surface area is 108 Å². The van der Waals surface area contributed by atoms with Crippen LogP contribution in [0.4, 0.5) is 5.82 Å². The van der Waals surface area contributed by atoms with Gasteiger partial charge in [-0.15, -0.1) is 0 Å². The molecular weight excluding hydrogens is 230 g/mol. The molecule has 0 spiro atoms. The quantitative estimate of drug-likeness (QED) is 0.893. The normalized spacial score (nSPS) is 19.7. The second kappa shape index (κ2) is 5.52. The Morgan fingerprint density at radius 1 is 1.56 bits per heavy atom. The van der Waals surface area contributed by atoms with Gasteiger partial charge in [0.2, 0.25) is 5.91 Å². The Morgan fingerprint density at radius 3 is 2.78 bits per heavy atom. The predicted molar refractivity (Wildman–Crippen MR) is 69.3 cm³/mol. The van der Waals surface area contributed by atoms with Crippen molar-refractivity contribution in [1.82, 2.24) is 10.1 Å². The molecule has 5 nitrogen and oxygen atoms in total. The van der Waals surface area contributed by atoms with Gasteiger partial charge in [0.05, 0.1) is 6.04 Å². The second-order valence-electron chi connectivity index (χ2n) is 5.21. The van der Waals surface area contributed by atoms with Crippen LogP contribution in [-0.4, -0.2) is 35.1 Å². The van der Waals surface area contributed by atoms with Crippen molar-refractivity contribution < 1.29 is 9.32 Å². The SMILES string of the molecule is Cc1cc(NC(=O)[C@@H](C)N2CCC(C)CC2)no1. The van der Waals surface area contributed by atoms with Crippen LogP contribution in [0.5, 0.6) is 0 Å². The summed E-state index contributed by atoms with van der Waals surface area (Å²) >= 11 is 0. The number of nitrogens with zero attached hydrogens (tertiary/aromatic N) is 2. The first kappa shape index (κ1) is 13.1. The van der Waals surface area contributed by atoms with Gasteiger partial charge in [0, 0.05) is 6.07 Å². The maximum Gasteiger partial charge on any atom is 0.242 e. The fourth-order valence-corrected chi connectivity index (χ4v) is 2.24. The fourth-order valence-electron chi connectivity index (χ4n) is 2.24. The molecule has 2 heterocycles.